The Bertz CT molecular complexity index is 3900. The average Bonchev–Trinajstić information content (AvgIpc) is 3.93. The van der Waals surface area contributed by atoms with Gasteiger partial charge in [-0.25, -0.2) is 0 Å². The molecule has 0 bridgehead atoms. The summed E-state index contributed by atoms with van der Waals surface area (Å²) in [6.45, 7) is 0. The van der Waals surface area contributed by atoms with Crippen molar-refractivity contribution >= 4 is 82.4 Å². The van der Waals surface area contributed by atoms with Crippen LogP contribution < -0.4 is 4.90 Å². The number of furan rings is 1. The standard InChI is InChI=1S/C62H40N2O/c1-2-16-50-44(13-1)31-32-45-35-38-49(40-56(45)50)63(57-22-7-5-19-53(57)54-21-12-26-61-62(54)55-20-6-10-25-60(55)65-61)47-36-33-42(34-37-47)41-27-29-43(30-28-41)46-14-11-15-48(39-46)64-58-23-8-3-17-51(58)52-18-4-9-24-59(52)64/h1-40H. The van der Waals surface area contributed by atoms with E-state index in [0.717, 1.165) is 61.4 Å². The van der Waals surface area contributed by atoms with E-state index in [1.807, 2.05) is 6.07 Å². The van der Waals surface area contributed by atoms with Crippen LogP contribution in [0.15, 0.2) is 247 Å². The predicted octanol–water partition coefficient (Wildman–Crippen LogP) is 17.5. The fourth-order valence-corrected chi connectivity index (χ4v) is 10.1. The lowest BCUT2D eigenvalue weighted by molar-refractivity contribution is 0.669. The molecule has 0 N–H and O–H groups in total. The summed E-state index contributed by atoms with van der Waals surface area (Å²) >= 11 is 0. The van der Waals surface area contributed by atoms with Crippen molar-refractivity contribution in [1.82, 2.24) is 4.57 Å². The van der Waals surface area contributed by atoms with Crippen LogP contribution in [0.25, 0.3) is 104 Å². The van der Waals surface area contributed by atoms with Gasteiger partial charge in [-0.3, -0.25) is 0 Å². The Kier molecular flexibility index (Phi) is 8.53. The Morgan fingerprint density at radius 2 is 0.862 bits per heavy atom. The highest BCUT2D eigenvalue weighted by atomic mass is 16.3. The number of benzene rings is 11. The molecule has 3 nitrogen and oxygen atoms in total. The van der Waals surface area contributed by atoms with Gasteiger partial charge in [0.25, 0.3) is 0 Å². The van der Waals surface area contributed by atoms with Gasteiger partial charge >= 0.3 is 0 Å². The highest BCUT2D eigenvalue weighted by molar-refractivity contribution is 6.14. The number of anilines is 3. The van der Waals surface area contributed by atoms with Gasteiger partial charge in [-0.2, -0.15) is 0 Å². The minimum Gasteiger partial charge on any atom is -0.456 e. The topological polar surface area (TPSA) is 21.3 Å². The summed E-state index contributed by atoms with van der Waals surface area (Å²) in [5.41, 5.74) is 15.6. The third-order valence-electron chi connectivity index (χ3n) is 13.2. The van der Waals surface area contributed by atoms with Crippen molar-refractivity contribution in [2.24, 2.45) is 0 Å². The second-order valence-corrected chi connectivity index (χ2v) is 16.9. The monoisotopic (exact) mass is 828 g/mol. The van der Waals surface area contributed by atoms with Crippen molar-refractivity contribution in [3.05, 3.63) is 243 Å². The molecule has 2 heterocycles. The molecule has 13 rings (SSSR count). The van der Waals surface area contributed by atoms with Crippen LogP contribution >= 0.6 is 0 Å². The summed E-state index contributed by atoms with van der Waals surface area (Å²) < 4.78 is 8.78. The number of hydrogen-bond acceptors (Lipinski definition) is 2. The SMILES string of the molecule is c1cc(-c2ccc(-c3ccc(N(c4ccc5ccc6ccccc6c5c4)c4ccccc4-c4cccc5oc6ccccc6c45)cc3)cc2)cc(-n2c3ccccc3c3ccccc32)c1. The maximum Gasteiger partial charge on any atom is 0.136 e. The molecule has 11 aromatic carbocycles. The largest absolute Gasteiger partial charge is 0.456 e. The quantitative estimate of drug-likeness (QED) is 0.149. The maximum atomic E-state index is 6.39. The molecule has 0 aliphatic rings. The number of para-hydroxylation sites is 4. The van der Waals surface area contributed by atoms with E-state index in [2.05, 4.69) is 246 Å². The van der Waals surface area contributed by atoms with E-state index in [-0.39, 0.29) is 0 Å². The van der Waals surface area contributed by atoms with Crippen molar-refractivity contribution in [2.45, 2.75) is 0 Å². The average molecular weight is 829 g/mol. The van der Waals surface area contributed by atoms with Crippen LogP contribution in [0.2, 0.25) is 0 Å². The highest BCUT2D eigenvalue weighted by Crippen LogP contribution is 2.46. The molecule has 65 heavy (non-hydrogen) atoms. The first kappa shape index (κ1) is 36.9. The van der Waals surface area contributed by atoms with Gasteiger partial charge in [0.15, 0.2) is 0 Å². The van der Waals surface area contributed by atoms with Crippen LogP contribution in [0.1, 0.15) is 0 Å². The molecule has 0 atom stereocenters. The first-order valence-electron chi connectivity index (χ1n) is 22.2. The first-order valence-corrected chi connectivity index (χ1v) is 22.2. The molecule has 0 amide bonds. The Hall–Kier alpha value is -8.66. The molecule has 13 aromatic rings. The summed E-state index contributed by atoms with van der Waals surface area (Å²) in [5, 5.41) is 9.68. The van der Waals surface area contributed by atoms with Gasteiger partial charge in [-0.05, 0) is 116 Å². The summed E-state index contributed by atoms with van der Waals surface area (Å²) in [7, 11) is 0. The number of hydrogen-bond donors (Lipinski definition) is 0. The van der Waals surface area contributed by atoms with Crippen molar-refractivity contribution in [1.29, 1.82) is 0 Å². The molecule has 0 radical (unpaired) electrons. The molecule has 0 aliphatic carbocycles. The zero-order valence-electron chi connectivity index (χ0n) is 35.4. The minimum atomic E-state index is 0.883. The number of fused-ring (bicyclic) bond motifs is 9. The summed E-state index contributed by atoms with van der Waals surface area (Å²) in [5.74, 6) is 0. The lowest BCUT2D eigenvalue weighted by Gasteiger charge is -2.28. The molecule has 0 spiro atoms. The highest BCUT2D eigenvalue weighted by Gasteiger charge is 2.21. The van der Waals surface area contributed by atoms with E-state index in [0.29, 0.717) is 0 Å². The van der Waals surface area contributed by atoms with E-state index in [4.69, 9.17) is 4.42 Å². The van der Waals surface area contributed by atoms with E-state index in [1.165, 1.54) is 60.0 Å². The fourth-order valence-electron chi connectivity index (χ4n) is 10.1. The normalized spacial score (nSPS) is 11.7. The van der Waals surface area contributed by atoms with Gasteiger partial charge in [0.1, 0.15) is 11.2 Å². The van der Waals surface area contributed by atoms with Crippen LogP contribution in [0.3, 0.4) is 0 Å². The number of aromatic nitrogens is 1. The van der Waals surface area contributed by atoms with Crippen molar-refractivity contribution < 1.29 is 4.42 Å². The van der Waals surface area contributed by atoms with E-state index in [1.54, 1.807) is 0 Å². The molecule has 0 aliphatic heterocycles. The second-order valence-electron chi connectivity index (χ2n) is 16.9. The number of nitrogens with zero attached hydrogens (tertiary/aromatic N) is 2. The molecule has 0 saturated heterocycles. The van der Waals surface area contributed by atoms with Gasteiger partial charge in [0, 0.05) is 44.2 Å². The van der Waals surface area contributed by atoms with Gasteiger partial charge < -0.3 is 13.9 Å². The van der Waals surface area contributed by atoms with Gasteiger partial charge in [-0.1, -0.05) is 176 Å². The van der Waals surface area contributed by atoms with Crippen LogP contribution in [0.5, 0.6) is 0 Å². The van der Waals surface area contributed by atoms with Crippen LogP contribution in [0.4, 0.5) is 17.1 Å². The van der Waals surface area contributed by atoms with Crippen molar-refractivity contribution in [3.63, 3.8) is 0 Å². The lowest BCUT2D eigenvalue weighted by Crippen LogP contribution is -2.11. The second kappa shape index (κ2) is 15.0. The Morgan fingerprint density at radius 1 is 0.323 bits per heavy atom. The Balaban J connectivity index is 0.900. The Morgan fingerprint density at radius 3 is 1.63 bits per heavy atom. The van der Waals surface area contributed by atoms with E-state index < -0.39 is 0 Å². The molecule has 0 unspecified atom stereocenters. The lowest BCUT2D eigenvalue weighted by atomic mass is 9.96. The van der Waals surface area contributed by atoms with Gasteiger partial charge in [-0.15, -0.1) is 0 Å². The van der Waals surface area contributed by atoms with Crippen LogP contribution in [0, 0.1) is 0 Å². The van der Waals surface area contributed by atoms with Gasteiger partial charge in [0.05, 0.1) is 16.7 Å². The fraction of sp³-hybridized carbons (Fsp3) is 0. The summed E-state index contributed by atoms with van der Waals surface area (Å²) in [6.07, 6.45) is 0. The Labute approximate surface area is 376 Å². The summed E-state index contributed by atoms with van der Waals surface area (Å²) in [4.78, 5) is 2.41. The third-order valence-corrected chi connectivity index (χ3v) is 13.2. The van der Waals surface area contributed by atoms with Crippen molar-refractivity contribution in [3.8, 4) is 39.1 Å². The molecular weight excluding hydrogens is 789 g/mol. The van der Waals surface area contributed by atoms with Crippen molar-refractivity contribution in [2.75, 3.05) is 4.90 Å². The van der Waals surface area contributed by atoms with Crippen LogP contribution in [-0.2, 0) is 0 Å². The maximum absolute atomic E-state index is 6.39. The molecule has 0 saturated carbocycles. The third kappa shape index (κ3) is 6.12. The minimum absolute atomic E-state index is 0.883. The molecular formula is C62H40N2O. The predicted molar refractivity (Wildman–Crippen MR) is 274 cm³/mol. The molecule has 3 heteroatoms. The molecule has 304 valence electrons. The zero-order chi connectivity index (χ0) is 42.8. The molecule has 2 aromatic heterocycles. The molecule has 0 fully saturated rings. The number of rotatable bonds is 7. The van der Waals surface area contributed by atoms with E-state index in [9.17, 15) is 0 Å². The zero-order valence-corrected chi connectivity index (χ0v) is 35.4. The smallest absolute Gasteiger partial charge is 0.136 e. The van der Waals surface area contributed by atoms with E-state index >= 15 is 0 Å². The van der Waals surface area contributed by atoms with Gasteiger partial charge in [0.2, 0.25) is 0 Å². The first-order chi connectivity index (χ1) is 32.2. The summed E-state index contributed by atoms with van der Waals surface area (Å²) in [6, 6.07) is 87.7. The van der Waals surface area contributed by atoms with Crippen LogP contribution in [-0.4, -0.2) is 4.57 Å².